The van der Waals surface area contributed by atoms with Crippen LogP contribution in [-0.4, -0.2) is 21.5 Å². The molecule has 186 valence electrons. The van der Waals surface area contributed by atoms with Crippen LogP contribution in [0.1, 0.15) is 31.8 Å². The number of benzene rings is 4. The summed E-state index contributed by atoms with van der Waals surface area (Å²) < 4.78 is 11.9. The molecule has 6 rings (SSSR count). The van der Waals surface area contributed by atoms with E-state index in [1.54, 1.807) is 24.5 Å². The van der Waals surface area contributed by atoms with Crippen LogP contribution in [0.25, 0.3) is 21.8 Å². The molecule has 38 heavy (non-hydrogen) atoms. The first-order chi connectivity index (χ1) is 18.7. The van der Waals surface area contributed by atoms with E-state index < -0.39 is 11.6 Å². The predicted molar refractivity (Wildman–Crippen MR) is 147 cm³/mol. The maximum Gasteiger partial charge on any atom is 0.235 e. The molecule has 2 N–H and O–H groups in total. The second kappa shape index (κ2) is 10.1. The van der Waals surface area contributed by atoms with Crippen molar-refractivity contribution in [2.24, 2.45) is 0 Å². The summed E-state index contributed by atoms with van der Waals surface area (Å²) >= 11 is 0. The Morgan fingerprint density at radius 1 is 0.553 bits per heavy atom. The largest absolute Gasteiger partial charge is 0.489 e. The molecule has 0 unspecified atom stereocenters. The molecule has 6 heteroatoms. The third-order valence-corrected chi connectivity index (χ3v) is 6.50. The molecule has 6 aromatic rings. The van der Waals surface area contributed by atoms with E-state index in [4.69, 9.17) is 9.47 Å². The molecule has 4 aromatic carbocycles. The average molecular weight is 501 g/mol. The summed E-state index contributed by atoms with van der Waals surface area (Å²) in [6.45, 7) is 0.811. The van der Waals surface area contributed by atoms with Crippen LogP contribution in [0.2, 0.25) is 0 Å². The SMILES string of the molecule is O=C(C(=O)c1c[nH]c2ccc(OCc3ccccc3)cc12)c1c[nH]c2ccc(OCc3ccccc3)cc12. The van der Waals surface area contributed by atoms with Gasteiger partial charge in [-0.1, -0.05) is 60.7 Å². The van der Waals surface area contributed by atoms with E-state index in [1.807, 2.05) is 84.9 Å². The summed E-state index contributed by atoms with van der Waals surface area (Å²) in [5.74, 6) is 0.0606. The number of Topliss-reactive ketones (excluding diaryl/α,β-unsaturated/α-hetero) is 2. The second-order valence-electron chi connectivity index (χ2n) is 9.03. The Bertz CT molecular complexity index is 1620. The molecular formula is C32H24N2O4. The van der Waals surface area contributed by atoms with E-state index in [0.29, 0.717) is 46.6 Å². The summed E-state index contributed by atoms with van der Waals surface area (Å²) in [6, 6.07) is 30.7. The highest BCUT2D eigenvalue weighted by atomic mass is 16.5. The van der Waals surface area contributed by atoms with Gasteiger partial charge in [0.2, 0.25) is 11.6 Å². The van der Waals surface area contributed by atoms with Crippen molar-refractivity contribution in [1.29, 1.82) is 0 Å². The van der Waals surface area contributed by atoms with Gasteiger partial charge in [-0.05, 0) is 47.5 Å². The highest BCUT2D eigenvalue weighted by Gasteiger charge is 2.24. The fourth-order valence-corrected chi connectivity index (χ4v) is 4.48. The molecule has 0 saturated heterocycles. The van der Waals surface area contributed by atoms with Gasteiger partial charge in [0.25, 0.3) is 0 Å². The average Bonchev–Trinajstić information content (AvgIpc) is 3.59. The van der Waals surface area contributed by atoms with Crippen LogP contribution in [-0.2, 0) is 13.2 Å². The van der Waals surface area contributed by atoms with Crippen molar-refractivity contribution < 1.29 is 19.1 Å². The quantitative estimate of drug-likeness (QED) is 0.168. The first kappa shape index (κ1) is 23.3. The third-order valence-electron chi connectivity index (χ3n) is 6.50. The number of ether oxygens (including phenoxy) is 2. The summed E-state index contributed by atoms with van der Waals surface area (Å²) in [6.07, 6.45) is 3.16. The Hall–Kier alpha value is -5.10. The van der Waals surface area contributed by atoms with Crippen molar-refractivity contribution in [1.82, 2.24) is 9.97 Å². The van der Waals surface area contributed by atoms with Crippen LogP contribution >= 0.6 is 0 Å². The van der Waals surface area contributed by atoms with Crippen LogP contribution in [0, 0.1) is 0 Å². The minimum Gasteiger partial charge on any atom is -0.489 e. The molecule has 0 saturated carbocycles. The highest BCUT2D eigenvalue weighted by Crippen LogP contribution is 2.28. The summed E-state index contributed by atoms with van der Waals surface area (Å²) in [4.78, 5) is 33.0. The van der Waals surface area contributed by atoms with Crippen molar-refractivity contribution in [2.45, 2.75) is 13.2 Å². The number of carbonyl (C=O) groups excluding carboxylic acids is 2. The zero-order valence-corrected chi connectivity index (χ0v) is 20.4. The van der Waals surface area contributed by atoms with Gasteiger partial charge >= 0.3 is 0 Å². The number of hydrogen-bond acceptors (Lipinski definition) is 4. The number of fused-ring (bicyclic) bond motifs is 2. The Balaban J connectivity index is 1.24. The smallest absolute Gasteiger partial charge is 0.235 e. The van der Waals surface area contributed by atoms with E-state index in [-0.39, 0.29) is 0 Å². The number of rotatable bonds is 9. The zero-order chi connectivity index (χ0) is 25.9. The lowest BCUT2D eigenvalue weighted by Gasteiger charge is -2.07. The van der Waals surface area contributed by atoms with Gasteiger partial charge in [-0.25, -0.2) is 0 Å². The normalized spacial score (nSPS) is 11.1. The van der Waals surface area contributed by atoms with Crippen molar-refractivity contribution >= 4 is 33.4 Å². The number of aromatic amines is 2. The number of hydrogen-bond donors (Lipinski definition) is 2. The molecule has 0 amide bonds. The van der Waals surface area contributed by atoms with Crippen LogP contribution < -0.4 is 9.47 Å². The van der Waals surface area contributed by atoms with Gasteiger partial charge in [-0.2, -0.15) is 0 Å². The summed E-state index contributed by atoms with van der Waals surface area (Å²) in [5.41, 5.74) is 4.20. The fourth-order valence-electron chi connectivity index (χ4n) is 4.48. The zero-order valence-electron chi connectivity index (χ0n) is 20.4. The summed E-state index contributed by atoms with van der Waals surface area (Å²) in [7, 11) is 0. The molecule has 0 aliphatic heterocycles. The molecule has 0 spiro atoms. The van der Waals surface area contributed by atoms with Gasteiger partial charge < -0.3 is 19.4 Å². The minimum absolute atomic E-state index is 0.306. The monoisotopic (exact) mass is 500 g/mol. The predicted octanol–water partition coefficient (Wildman–Crippen LogP) is 6.87. The number of aromatic nitrogens is 2. The van der Waals surface area contributed by atoms with Crippen molar-refractivity contribution in [3.63, 3.8) is 0 Å². The van der Waals surface area contributed by atoms with Crippen LogP contribution in [0.4, 0.5) is 0 Å². The van der Waals surface area contributed by atoms with E-state index in [1.165, 1.54) is 0 Å². The van der Waals surface area contributed by atoms with Crippen molar-refractivity contribution in [3.05, 3.63) is 132 Å². The van der Waals surface area contributed by atoms with Crippen molar-refractivity contribution in [3.8, 4) is 11.5 Å². The van der Waals surface area contributed by atoms with E-state index in [0.717, 1.165) is 22.2 Å². The maximum absolute atomic E-state index is 13.4. The molecule has 0 aliphatic rings. The lowest BCUT2D eigenvalue weighted by atomic mass is 10.0. The molecule has 2 heterocycles. The number of nitrogens with one attached hydrogen (secondary N) is 2. The Morgan fingerprint density at radius 2 is 0.974 bits per heavy atom. The third kappa shape index (κ3) is 4.67. The molecule has 6 nitrogen and oxygen atoms in total. The molecule has 0 radical (unpaired) electrons. The van der Waals surface area contributed by atoms with Gasteiger partial charge in [-0.3, -0.25) is 9.59 Å². The number of carbonyl (C=O) groups is 2. The Kier molecular flexibility index (Phi) is 6.20. The lowest BCUT2D eigenvalue weighted by Crippen LogP contribution is -2.13. The lowest BCUT2D eigenvalue weighted by molar-refractivity contribution is 0.0819. The highest BCUT2D eigenvalue weighted by molar-refractivity contribution is 6.52. The molecule has 0 fully saturated rings. The Labute approximate surface area is 218 Å². The maximum atomic E-state index is 13.4. The van der Waals surface area contributed by atoms with Gasteiger partial charge in [0.05, 0.1) is 11.1 Å². The Morgan fingerprint density at radius 3 is 1.39 bits per heavy atom. The van der Waals surface area contributed by atoms with Crippen LogP contribution in [0.5, 0.6) is 11.5 Å². The molecule has 2 aromatic heterocycles. The number of ketones is 2. The van der Waals surface area contributed by atoms with Crippen LogP contribution in [0.3, 0.4) is 0 Å². The molecule has 0 aliphatic carbocycles. The van der Waals surface area contributed by atoms with Crippen LogP contribution in [0.15, 0.2) is 109 Å². The second-order valence-corrected chi connectivity index (χ2v) is 9.03. The first-order valence-corrected chi connectivity index (χ1v) is 12.3. The topological polar surface area (TPSA) is 84.2 Å². The first-order valence-electron chi connectivity index (χ1n) is 12.3. The van der Waals surface area contributed by atoms with Gasteiger partial charge in [0.15, 0.2) is 0 Å². The minimum atomic E-state index is -0.590. The van der Waals surface area contributed by atoms with Gasteiger partial charge in [-0.15, -0.1) is 0 Å². The molecule has 0 atom stereocenters. The van der Waals surface area contributed by atoms with Gasteiger partial charge in [0.1, 0.15) is 24.7 Å². The van der Waals surface area contributed by atoms with E-state index in [2.05, 4.69) is 9.97 Å². The van der Waals surface area contributed by atoms with Gasteiger partial charge in [0, 0.05) is 34.2 Å². The molecular weight excluding hydrogens is 476 g/mol. The van der Waals surface area contributed by atoms with Crippen molar-refractivity contribution in [2.75, 3.05) is 0 Å². The fraction of sp³-hybridized carbons (Fsp3) is 0.0625. The number of H-pyrrole nitrogens is 2. The molecule has 0 bridgehead atoms. The van der Waals surface area contributed by atoms with E-state index in [9.17, 15) is 9.59 Å². The standard InChI is InChI=1S/C32H24N2O4/c35-31(27-17-33-29-13-11-23(15-25(27)29)37-19-21-7-3-1-4-8-21)32(36)28-18-34-30-14-12-24(16-26(28)30)38-20-22-9-5-2-6-10-22/h1-18,33-34H,19-20H2. The van der Waals surface area contributed by atoms with E-state index >= 15 is 0 Å². The summed E-state index contributed by atoms with van der Waals surface area (Å²) in [5, 5.41) is 1.28.